The topological polar surface area (TPSA) is 80.1 Å². The van der Waals surface area contributed by atoms with E-state index in [0.29, 0.717) is 17.7 Å². The lowest BCUT2D eigenvalue weighted by atomic mass is 9.93. The third kappa shape index (κ3) is 4.92. The van der Waals surface area contributed by atoms with Gasteiger partial charge in [0.2, 0.25) is 11.9 Å². The molecule has 1 aliphatic rings. The number of allylic oxidation sites excluding steroid dienone is 3. The first kappa shape index (κ1) is 20.4. The van der Waals surface area contributed by atoms with Crippen molar-refractivity contribution in [1.82, 2.24) is 19.7 Å². The zero-order chi connectivity index (χ0) is 21.1. The van der Waals surface area contributed by atoms with Crippen molar-refractivity contribution in [2.75, 3.05) is 19.4 Å². The lowest BCUT2D eigenvalue weighted by molar-refractivity contribution is -0.131. The molecule has 0 spiro atoms. The number of carbonyl (C=O) groups is 1. The molecule has 0 saturated carbocycles. The van der Waals surface area contributed by atoms with Crippen molar-refractivity contribution in [3.63, 3.8) is 0 Å². The Balaban J connectivity index is 1.89. The van der Waals surface area contributed by atoms with E-state index < -0.39 is 17.2 Å². The monoisotopic (exact) mass is 401 g/mol. The maximum atomic E-state index is 13.5. The largest absolute Gasteiger partial charge is 0.348 e. The fourth-order valence-corrected chi connectivity index (χ4v) is 3.04. The van der Waals surface area contributed by atoms with Crippen LogP contribution in [0.3, 0.4) is 0 Å². The molecule has 0 saturated heterocycles. The summed E-state index contributed by atoms with van der Waals surface area (Å²) >= 11 is 0. The summed E-state index contributed by atoms with van der Waals surface area (Å²) in [5.41, 5.74) is 1.37. The zero-order valence-electron chi connectivity index (χ0n) is 16.3. The third-order valence-electron chi connectivity index (χ3n) is 4.52. The number of aromatic nitrogens is 3. The van der Waals surface area contributed by atoms with Gasteiger partial charge in [0.25, 0.3) is 5.56 Å². The van der Waals surface area contributed by atoms with Gasteiger partial charge in [-0.25, -0.2) is 13.5 Å². The highest BCUT2D eigenvalue weighted by atomic mass is 19.1. The molecule has 7 nitrogen and oxygen atoms in total. The van der Waals surface area contributed by atoms with Crippen LogP contribution in [-0.2, 0) is 11.3 Å². The molecule has 29 heavy (non-hydrogen) atoms. The summed E-state index contributed by atoms with van der Waals surface area (Å²) in [6.45, 7) is 1.88. The normalized spacial score (nSPS) is 16.1. The SMILES string of the molecule is CC1=C(Nc2nc(=O)cnn2Cc2cc(F)cc(F)c2)CC(C(=O)N(C)C)C=C1. The van der Waals surface area contributed by atoms with Crippen molar-refractivity contribution in [2.24, 2.45) is 5.92 Å². The molecule has 1 heterocycles. The van der Waals surface area contributed by atoms with E-state index in [1.165, 1.54) is 21.7 Å². The van der Waals surface area contributed by atoms with Crippen molar-refractivity contribution in [2.45, 2.75) is 19.9 Å². The Morgan fingerprint density at radius 2 is 1.97 bits per heavy atom. The number of nitrogens with one attached hydrogen (secondary N) is 1. The van der Waals surface area contributed by atoms with Gasteiger partial charge in [0, 0.05) is 32.3 Å². The van der Waals surface area contributed by atoms with E-state index in [1.807, 2.05) is 19.1 Å². The quantitative estimate of drug-likeness (QED) is 0.832. The number of halogens is 2. The second-order valence-corrected chi connectivity index (χ2v) is 7.04. The molecule has 1 N–H and O–H groups in total. The third-order valence-corrected chi connectivity index (χ3v) is 4.52. The molecule has 1 aromatic carbocycles. The molecule has 1 amide bonds. The Labute approximate surface area is 166 Å². The fourth-order valence-electron chi connectivity index (χ4n) is 3.04. The van der Waals surface area contributed by atoms with Gasteiger partial charge in [0.05, 0.1) is 12.5 Å². The van der Waals surface area contributed by atoms with Gasteiger partial charge in [-0.3, -0.25) is 9.59 Å². The van der Waals surface area contributed by atoms with Gasteiger partial charge < -0.3 is 10.2 Å². The van der Waals surface area contributed by atoms with Crippen molar-refractivity contribution < 1.29 is 13.6 Å². The van der Waals surface area contributed by atoms with Gasteiger partial charge in [-0.2, -0.15) is 10.1 Å². The Morgan fingerprint density at radius 1 is 1.28 bits per heavy atom. The summed E-state index contributed by atoms with van der Waals surface area (Å²) < 4.78 is 28.3. The molecule has 0 bridgehead atoms. The fraction of sp³-hybridized carbons (Fsp3) is 0.300. The highest BCUT2D eigenvalue weighted by Gasteiger charge is 2.23. The lowest BCUT2D eigenvalue weighted by Crippen LogP contribution is -2.31. The van der Waals surface area contributed by atoms with Gasteiger partial charge in [-0.15, -0.1) is 0 Å². The molecule has 1 unspecified atom stereocenters. The molecule has 1 atom stereocenters. The van der Waals surface area contributed by atoms with E-state index >= 15 is 0 Å². The van der Waals surface area contributed by atoms with Crippen LogP contribution in [0, 0.1) is 17.6 Å². The average Bonchev–Trinajstić information content (AvgIpc) is 2.64. The molecule has 0 fully saturated rings. The smallest absolute Gasteiger partial charge is 0.293 e. The molecule has 1 aromatic heterocycles. The highest BCUT2D eigenvalue weighted by molar-refractivity contribution is 5.81. The second kappa shape index (κ2) is 8.34. The average molecular weight is 401 g/mol. The number of benzene rings is 1. The molecule has 2 aromatic rings. The number of nitrogens with zero attached hydrogens (tertiary/aromatic N) is 4. The van der Waals surface area contributed by atoms with Crippen LogP contribution < -0.4 is 10.9 Å². The Bertz CT molecular complexity index is 1040. The van der Waals surface area contributed by atoms with Crippen LogP contribution in [0.25, 0.3) is 0 Å². The van der Waals surface area contributed by atoms with E-state index in [4.69, 9.17) is 0 Å². The number of anilines is 1. The van der Waals surface area contributed by atoms with Crippen LogP contribution in [0.1, 0.15) is 18.9 Å². The Morgan fingerprint density at radius 3 is 2.62 bits per heavy atom. The molecule has 9 heteroatoms. The predicted molar refractivity (Wildman–Crippen MR) is 104 cm³/mol. The number of hydrogen-bond donors (Lipinski definition) is 1. The molecule has 3 rings (SSSR count). The van der Waals surface area contributed by atoms with Gasteiger partial charge in [0.1, 0.15) is 17.8 Å². The summed E-state index contributed by atoms with van der Waals surface area (Å²) in [6, 6.07) is 3.16. The number of hydrogen-bond acceptors (Lipinski definition) is 5. The number of carbonyl (C=O) groups excluding carboxylic acids is 1. The lowest BCUT2D eigenvalue weighted by Gasteiger charge is -2.24. The molecule has 1 aliphatic carbocycles. The van der Waals surface area contributed by atoms with Crippen molar-refractivity contribution in [3.05, 3.63) is 75.4 Å². The van der Waals surface area contributed by atoms with Gasteiger partial charge >= 0.3 is 0 Å². The molecule has 152 valence electrons. The summed E-state index contributed by atoms with van der Waals surface area (Å²) in [5, 5.41) is 7.10. The van der Waals surface area contributed by atoms with Gasteiger partial charge in [-0.1, -0.05) is 12.2 Å². The maximum Gasteiger partial charge on any atom is 0.293 e. The van der Waals surface area contributed by atoms with Crippen molar-refractivity contribution >= 4 is 11.9 Å². The van der Waals surface area contributed by atoms with E-state index in [1.54, 1.807) is 14.1 Å². The summed E-state index contributed by atoms with van der Waals surface area (Å²) in [6.07, 6.45) is 5.10. The Hall–Kier alpha value is -3.36. The zero-order valence-corrected chi connectivity index (χ0v) is 16.3. The van der Waals surface area contributed by atoms with E-state index in [9.17, 15) is 18.4 Å². The van der Waals surface area contributed by atoms with Crippen LogP contribution >= 0.6 is 0 Å². The molecule has 0 aliphatic heterocycles. The van der Waals surface area contributed by atoms with Crippen LogP contribution in [0.4, 0.5) is 14.7 Å². The van der Waals surface area contributed by atoms with Crippen LogP contribution in [0.2, 0.25) is 0 Å². The first-order chi connectivity index (χ1) is 13.7. The second-order valence-electron chi connectivity index (χ2n) is 7.04. The summed E-state index contributed by atoms with van der Waals surface area (Å²) in [4.78, 5) is 29.5. The maximum absolute atomic E-state index is 13.5. The minimum Gasteiger partial charge on any atom is -0.348 e. The van der Waals surface area contributed by atoms with Gasteiger partial charge in [0.15, 0.2) is 0 Å². The molecule has 0 radical (unpaired) electrons. The highest BCUT2D eigenvalue weighted by Crippen LogP contribution is 2.25. The number of amides is 1. The first-order valence-corrected chi connectivity index (χ1v) is 8.98. The van der Waals surface area contributed by atoms with E-state index in [2.05, 4.69) is 15.4 Å². The van der Waals surface area contributed by atoms with Crippen LogP contribution in [-0.4, -0.2) is 39.7 Å². The van der Waals surface area contributed by atoms with Crippen LogP contribution in [0.5, 0.6) is 0 Å². The minimum atomic E-state index is -0.704. The minimum absolute atomic E-state index is 0.00647. The summed E-state index contributed by atoms with van der Waals surface area (Å²) in [7, 11) is 3.37. The van der Waals surface area contributed by atoms with E-state index in [0.717, 1.165) is 17.8 Å². The predicted octanol–water partition coefficient (Wildman–Crippen LogP) is 2.32. The standard InChI is InChI=1S/C20H21F2N5O2/c1-12-4-5-14(19(29)26(2)3)8-17(12)24-20-25-18(28)10-23-27(20)11-13-6-15(21)9-16(22)7-13/h4-7,9-10,14H,8,11H2,1-3H3,(H,24,25,28). The van der Waals surface area contributed by atoms with Gasteiger partial charge in [-0.05, 0) is 30.2 Å². The molecular formula is C20H21F2N5O2. The Kier molecular flexibility index (Phi) is 5.86. The van der Waals surface area contributed by atoms with Crippen LogP contribution in [0.15, 0.2) is 52.6 Å². The molecular weight excluding hydrogens is 380 g/mol. The number of rotatable bonds is 5. The van der Waals surface area contributed by atoms with E-state index in [-0.39, 0.29) is 24.3 Å². The van der Waals surface area contributed by atoms with Crippen molar-refractivity contribution in [3.8, 4) is 0 Å². The summed E-state index contributed by atoms with van der Waals surface area (Å²) in [5.74, 6) is -1.66. The first-order valence-electron chi connectivity index (χ1n) is 8.98. The van der Waals surface area contributed by atoms with Crippen molar-refractivity contribution in [1.29, 1.82) is 0 Å².